The predicted molar refractivity (Wildman–Crippen MR) is 187 cm³/mol. The number of fused-ring (bicyclic) bond motifs is 8. The van der Waals surface area contributed by atoms with E-state index in [9.17, 15) is 9.59 Å². The number of anilines is 2. The Bertz CT molecular complexity index is 2150. The molecule has 1 aliphatic heterocycles. The lowest BCUT2D eigenvalue weighted by atomic mass is 9.90. The van der Waals surface area contributed by atoms with E-state index >= 15 is 0 Å². The van der Waals surface area contributed by atoms with Crippen molar-refractivity contribution in [2.45, 2.75) is 49.2 Å². The van der Waals surface area contributed by atoms with Gasteiger partial charge in [0.1, 0.15) is 16.3 Å². The molecule has 1 aliphatic rings. The van der Waals surface area contributed by atoms with Crippen LogP contribution in [0.1, 0.15) is 30.7 Å². The van der Waals surface area contributed by atoms with Gasteiger partial charge in [0.15, 0.2) is 16.0 Å². The maximum atomic E-state index is 13.0. The summed E-state index contributed by atoms with van der Waals surface area (Å²) in [7, 11) is 3.19. The SMILES string of the molecule is CCC1(C)Cc2c(sc3c2c2nnc(SCC(=O)Nc4ccc(OC)cc4)n2c2nnc(SCC(=O)Nc4ccc(OC)cc4)n32)CO1. The van der Waals surface area contributed by atoms with Gasteiger partial charge in [0, 0.05) is 22.7 Å². The van der Waals surface area contributed by atoms with Crippen molar-refractivity contribution in [1.82, 2.24) is 29.2 Å². The van der Waals surface area contributed by atoms with Crippen LogP contribution >= 0.6 is 34.9 Å². The van der Waals surface area contributed by atoms with E-state index in [0.717, 1.165) is 21.5 Å². The van der Waals surface area contributed by atoms with E-state index in [2.05, 4.69) is 44.9 Å². The smallest absolute Gasteiger partial charge is 0.245 e. The molecule has 0 bridgehead atoms. The normalized spacial score (nSPS) is 15.9. The van der Waals surface area contributed by atoms with Gasteiger partial charge in [-0.25, -0.2) is 8.80 Å². The summed E-state index contributed by atoms with van der Waals surface area (Å²) in [6.07, 6.45) is 1.57. The number of thiophene rings is 1. The molecule has 0 fully saturated rings. The summed E-state index contributed by atoms with van der Waals surface area (Å²) in [6.45, 7) is 4.74. The Morgan fingerprint density at radius 3 is 2.00 bits per heavy atom. The Morgan fingerprint density at radius 1 is 0.875 bits per heavy atom. The van der Waals surface area contributed by atoms with E-state index < -0.39 is 0 Å². The third kappa shape index (κ3) is 6.16. The van der Waals surface area contributed by atoms with Crippen LogP contribution in [0.2, 0.25) is 0 Å². The fourth-order valence-corrected chi connectivity index (χ4v) is 8.21. The molecule has 248 valence electrons. The highest BCUT2D eigenvalue weighted by Crippen LogP contribution is 2.43. The number of rotatable bonds is 11. The topological polar surface area (TPSA) is 146 Å². The van der Waals surface area contributed by atoms with Crippen LogP contribution in [0.15, 0.2) is 58.8 Å². The molecule has 16 heteroatoms. The van der Waals surface area contributed by atoms with Gasteiger partial charge >= 0.3 is 0 Å². The zero-order chi connectivity index (χ0) is 33.4. The molecular weight excluding hydrogens is 673 g/mol. The fraction of sp³-hybridized carbons (Fsp3) is 0.312. The quantitative estimate of drug-likeness (QED) is 0.160. The van der Waals surface area contributed by atoms with Gasteiger partial charge in [0.05, 0.1) is 43.3 Å². The molecule has 13 nitrogen and oxygen atoms in total. The Balaban J connectivity index is 1.22. The van der Waals surface area contributed by atoms with E-state index in [1.54, 1.807) is 74.1 Å². The predicted octanol–water partition coefficient (Wildman–Crippen LogP) is 5.71. The van der Waals surface area contributed by atoms with Crippen molar-refractivity contribution in [3.8, 4) is 11.5 Å². The molecule has 2 aromatic carbocycles. The van der Waals surface area contributed by atoms with Gasteiger partial charge in [0.25, 0.3) is 0 Å². The van der Waals surface area contributed by atoms with Crippen LogP contribution in [0, 0.1) is 0 Å². The summed E-state index contributed by atoms with van der Waals surface area (Å²) in [6, 6.07) is 14.3. The van der Waals surface area contributed by atoms with Crippen molar-refractivity contribution in [3.05, 3.63) is 59.0 Å². The molecule has 4 aromatic heterocycles. The van der Waals surface area contributed by atoms with Gasteiger partial charge in [-0.15, -0.1) is 31.7 Å². The van der Waals surface area contributed by atoms with E-state index in [1.165, 1.54) is 29.1 Å². The highest BCUT2D eigenvalue weighted by atomic mass is 32.2. The molecule has 0 aliphatic carbocycles. The average molecular weight is 705 g/mol. The number of nitrogens with zero attached hydrogens (tertiary/aromatic N) is 6. The maximum absolute atomic E-state index is 13.0. The Morgan fingerprint density at radius 2 is 1.44 bits per heavy atom. The van der Waals surface area contributed by atoms with Gasteiger partial charge in [-0.3, -0.25) is 9.59 Å². The first-order chi connectivity index (χ1) is 23.3. The number of thioether (sulfide) groups is 2. The molecule has 0 saturated carbocycles. The zero-order valence-corrected chi connectivity index (χ0v) is 29.1. The maximum Gasteiger partial charge on any atom is 0.245 e. The number of benzene rings is 2. The largest absolute Gasteiger partial charge is 0.497 e. The number of carbonyl (C=O) groups excluding carboxylic acids is 2. The first-order valence-electron chi connectivity index (χ1n) is 15.1. The first-order valence-corrected chi connectivity index (χ1v) is 17.9. The number of nitrogens with one attached hydrogen (secondary N) is 2. The van der Waals surface area contributed by atoms with Crippen molar-refractivity contribution in [2.24, 2.45) is 0 Å². The second-order valence-corrected chi connectivity index (χ2v) is 14.3. The Labute approximate surface area is 287 Å². The number of hydrogen-bond acceptors (Lipinski definition) is 12. The van der Waals surface area contributed by atoms with Gasteiger partial charge < -0.3 is 24.8 Å². The molecule has 0 spiro atoms. The monoisotopic (exact) mass is 704 g/mol. The lowest BCUT2D eigenvalue weighted by molar-refractivity contribution is -0.114. The molecular formula is C32H32N8O5S3. The molecule has 6 aromatic rings. The summed E-state index contributed by atoms with van der Waals surface area (Å²) >= 11 is 4.17. The Hall–Kier alpha value is -4.38. The second kappa shape index (κ2) is 13.3. The van der Waals surface area contributed by atoms with Crippen molar-refractivity contribution in [2.75, 3.05) is 36.4 Å². The van der Waals surface area contributed by atoms with E-state index in [4.69, 9.17) is 14.2 Å². The lowest BCUT2D eigenvalue weighted by Gasteiger charge is -2.32. The van der Waals surface area contributed by atoms with Crippen LogP contribution in [-0.2, 0) is 27.4 Å². The molecule has 2 N–H and O–H groups in total. The molecule has 2 amide bonds. The molecule has 7 rings (SSSR count). The molecule has 1 atom stereocenters. The molecule has 1 unspecified atom stereocenters. The van der Waals surface area contributed by atoms with Crippen molar-refractivity contribution in [3.63, 3.8) is 0 Å². The summed E-state index contributed by atoms with van der Waals surface area (Å²) < 4.78 is 20.5. The van der Waals surface area contributed by atoms with E-state index in [0.29, 0.717) is 57.6 Å². The zero-order valence-electron chi connectivity index (χ0n) is 26.6. The van der Waals surface area contributed by atoms with Gasteiger partial charge in [-0.1, -0.05) is 30.4 Å². The highest BCUT2D eigenvalue weighted by Gasteiger charge is 2.34. The van der Waals surface area contributed by atoms with Crippen LogP contribution in [0.5, 0.6) is 11.5 Å². The minimum Gasteiger partial charge on any atom is -0.497 e. The Kier molecular flexibility index (Phi) is 8.89. The average Bonchev–Trinajstić information content (AvgIpc) is 3.82. The third-order valence-corrected chi connectivity index (χ3v) is 11.3. The van der Waals surface area contributed by atoms with E-state index in [-0.39, 0.29) is 28.9 Å². The molecule has 48 heavy (non-hydrogen) atoms. The highest BCUT2D eigenvalue weighted by molar-refractivity contribution is 8.00. The molecule has 0 saturated heterocycles. The number of ether oxygens (including phenoxy) is 3. The second-order valence-electron chi connectivity index (χ2n) is 11.3. The number of hydrogen-bond donors (Lipinski definition) is 2. The van der Waals surface area contributed by atoms with Gasteiger partial charge in [0.2, 0.25) is 17.6 Å². The molecule has 5 heterocycles. The van der Waals surface area contributed by atoms with Crippen LogP contribution in [-0.4, -0.2) is 72.3 Å². The van der Waals surface area contributed by atoms with Crippen LogP contribution < -0.4 is 20.1 Å². The number of amides is 2. The van der Waals surface area contributed by atoms with Gasteiger partial charge in [-0.05, 0) is 67.4 Å². The van der Waals surface area contributed by atoms with Crippen molar-refractivity contribution >= 4 is 79.7 Å². The number of aromatic nitrogens is 6. The fourth-order valence-electron chi connectivity index (χ4n) is 5.47. The van der Waals surface area contributed by atoms with Crippen molar-refractivity contribution in [1.29, 1.82) is 0 Å². The number of carbonyl (C=O) groups is 2. The van der Waals surface area contributed by atoms with Crippen molar-refractivity contribution < 1.29 is 23.8 Å². The van der Waals surface area contributed by atoms with Crippen LogP contribution in [0.3, 0.4) is 0 Å². The minimum atomic E-state index is -0.311. The van der Waals surface area contributed by atoms with Crippen LogP contribution in [0.4, 0.5) is 11.4 Å². The lowest BCUT2D eigenvalue weighted by Crippen LogP contribution is -2.33. The summed E-state index contributed by atoms with van der Waals surface area (Å²) in [5, 5.41) is 26.1. The van der Waals surface area contributed by atoms with Gasteiger partial charge in [-0.2, -0.15) is 0 Å². The van der Waals surface area contributed by atoms with E-state index in [1.807, 2.05) is 8.80 Å². The summed E-state index contributed by atoms with van der Waals surface area (Å²) in [4.78, 5) is 27.9. The summed E-state index contributed by atoms with van der Waals surface area (Å²) in [5.74, 6) is 1.75. The minimum absolute atomic E-state index is 0.0990. The third-order valence-electron chi connectivity index (χ3n) is 8.21. The standard InChI is InChI=1S/C32H32N8O5S3/c1-5-32(2)14-22-23(15-45-32)48-28-26(22)27-35-37-30(46-16-24(41)33-18-6-10-20(43-3)11-7-18)39(27)29-36-38-31(40(28)29)47-17-25(42)34-19-8-12-21(44-4)13-9-19/h6-13H,5,14-17H2,1-4H3,(H,33,41)(H,34,42). The number of methoxy groups -OCH3 is 2. The van der Waals surface area contributed by atoms with Crippen LogP contribution in [0.25, 0.3) is 21.6 Å². The molecule has 0 radical (unpaired) electrons. The summed E-state index contributed by atoms with van der Waals surface area (Å²) in [5.41, 5.74) is 2.84. The first kappa shape index (κ1) is 32.2.